The van der Waals surface area contributed by atoms with Crippen LogP contribution in [0.25, 0.3) is 44.5 Å². The summed E-state index contributed by atoms with van der Waals surface area (Å²) in [6.07, 6.45) is 0. The molecule has 59 heavy (non-hydrogen) atoms. The molecule has 0 bridgehead atoms. The number of benzene rings is 5. The topological polar surface area (TPSA) is 112 Å². The van der Waals surface area contributed by atoms with Gasteiger partial charge in [0.15, 0.2) is 5.15 Å². The highest BCUT2D eigenvalue weighted by molar-refractivity contribution is 8.24. The smallest absolute Gasteiger partial charge is 0.271 e. The third-order valence-corrected chi connectivity index (χ3v) is 10.3. The molecule has 0 radical (unpaired) electrons. The first-order chi connectivity index (χ1) is 27.8. The predicted molar refractivity (Wildman–Crippen MR) is 226 cm³/mol. The lowest BCUT2D eigenvalue weighted by molar-refractivity contribution is 0.572. The summed E-state index contributed by atoms with van der Waals surface area (Å²) in [6, 6.07) is 30.4. The van der Waals surface area contributed by atoms with Crippen LogP contribution in [0.1, 0.15) is 17.0 Å². The highest BCUT2D eigenvalue weighted by Crippen LogP contribution is 2.61. The number of rotatable bonds is 6. The summed E-state index contributed by atoms with van der Waals surface area (Å²) < 4.78 is 94.2. The second-order valence-electron chi connectivity index (χ2n) is 12.5. The Kier molecular flexibility index (Phi) is 14.6. The van der Waals surface area contributed by atoms with Crippen molar-refractivity contribution in [3.8, 4) is 44.5 Å². The van der Waals surface area contributed by atoms with E-state index in [1.54, 1.807) is 56.3 Å². The van der Waals surface area contributed by atoms with Gasteiger partial charge >= 0.3 is 5.20 Å². The highest BCUT2D eigenvalue weighted by atomic mass is 36.0. The van der Waals surface area contributed by atoms with E-state index in [2.05, 4.69) is 49.0 Å². The summed E-state index contributed by atoms with van der Waals surface area (Å²) in [5.74, 6) is -3.34. The predicted octanol–water partition coefficient (Wildman–Crippen LogP) is 12.6. The lowest BCUT2D eigenvalue weighted by atomic mass is 9.94. The molecule has 18 heteroatoms. The van der Waals surface area contributed by atoms with Crippen LogP contribution in [-0.2, 0) is 14.6 Å². The average Bonchev–Trinajstić information content (AvgIpc) is 3.17. The van der Waals surface area contributed by atoms with E-state index in [1.807, 2.05) is 30.3 Å². The minimum absolute atomic E-state index is 0.0338. The van der Waals surface area contributed by atoms with Gasteiger partial charge in [-0.1, -0.05) is 102 Å². The maximum atomic E-state index is 14.8. The molecule has 0 unspecified atom stereocenters. The molecule has 2 heterocycles. The fourth-order valence-electron chi connectivity index (χ4n) is 5.94. The molecule has 0 aliphatic carbocycles. The van der Waals surface area contributed by atoms with Gasteiger partial charge in [-0.15, -0.1) is 9.19 Å². The van der Waals surface area contributed by atoms with Crippen LogP contribution < -0.4 is 5.56 Å². The first-order valence-electron chi connectivity index (χ1n) is 17.0. The Morgan fingerprint density at radius 2 is 0.949 bits per heavy atom. The van der Waals surface area contributed by atoms with Gasteiger partial charge in [-0.05, 0) is 102 Å². The summed E-state index contributed by atoms with van der Waals surface area (Å²) in [6.45, 7) is 5.01. The number of hydrogen-bond donors (Lipinski definition) is 0. The number of aromatic nitrogens is 4. The molecule has 0 saturated carbocycles. The molecule has 5 aromatic carbocycles. The Bertz CT molecular complexity index is 2820. The van der Waals surface area contributed by atoms with E-state index in [4.69, 9.17) is 11.6 Å². The molecule has 304 valence electrons. The molecule has 0 N–H and O–H groups in total. The summed E-state index contributed by atoms with van der Waals surface area (Å²) in [5, 5.41) is 8.56. The minimum atomic E-state index is -4.42. The first-order valence-corrected chi connectivity index (χ1v) is 23.2. The van der Waals surface area contributed by atoms with E-state index in [0.717, 1.165) is 23.3 Å². The van der Waals surface area contributed by atoms with Gasteiger partial charge in [0.25, 0.3) is 15.6 Å². The number of aryl methyl sites for hydroxylation is 3. The van der Waals surface area contributed by atoms with E-state index in [0.29, 0.717) is 20.9 Å². The van der Waals surface area contributed by atoms with Crippen LogP contribution in [0.5, 0.6) is 0 Å². The van der Waals surface area contributed by atoms with Crippen molar-refractivity contribution in [2.45, 2.75) is 25.7 Å². The molecule has 2 aromatic heterocycles. The zero-order valence-electron chi connectivity index (χ0n) is 30.8. The fraction of sp³-hybridized carbons (Fsp3) is 0.0732. The summed E-state index contributed by atoms with van der Waals surface area (Å²) in [5.41, 5.74) is 1.37. The van der Waals surface area contributed by atoms with E-state index < -0.39 is 55.2 Å². The number of halogens is 8. The first kappa shape index (κ1) is 45.2. The van der Waals surface area contributed by atoms with Crippen molar-refractivity contribution in [3.05, 3.63) is 177 Å². The normalized spacial score (nSPS) is 11.2. The van der Waals surface area contributed by atoms with Crippen molar-refractivity contribution >= 4 is 60.5 Å². The van der Waals surface area contributed by atoms with Crippen molar-refractivity contribution < 1.29 is 30.5 Å². The minimum Gasteiger partial charge on any atom is -0.271 e. The zero-order chi connectivity index (χ0) is 43.2. The van der Waals surface area contributed by atoms with Crippen LogP contribution in [0, 0.1) is 44.0 Å². The van der Waals surface area contributed by atoms with E-state index in [9.17, 15) is 35.3 Å². The van der Waals surface area contributed by atoms with Crippen molar-refractivity contribution in [3.63, 3.8) is 0 Å². The third-order valence-electron chi connectivity index (χ3n) is 8.44. The van der Waals surface area contributed by atoms with Crippen molar-refractivity contribution in [1.29, 1.82) is 0 Å². The van der Waals surface area contributed by atoms with Gasteiger partial charge in [0.2, 0.25) is 0 Å². The second-order valence-corrected chi connectivity index (χ2v) is 21.2. The van der Waals surface area contributed by atoms with Crippen molar-refractivity contribution in [1.82, 2.24) is 19.4 Å². The number of hydrogen-bond acceptors (Lipinski definition) is 7. The van der Waals surface area contributed by atoms with Gasteiger partial charge in [-0.25, -0.2) is 17.6 Å². The molecule has 0 aliphatic heterocycles. The van der Waals surface area contributed by atoms with Gasteiger partial charge in [0.05, 0.1) is 33.0 Å². The van der Waals surface area contributed by atoms with E-state index in [1.165, 1.54) is 43.3 Å². The Labute approximate surface area is 355 Å². The SMILES string of the molecule is Cc1ccc(S(=O)(=O)n2nc(C)c(-c3ccccc3)c(-c3c(F)cccc3F)c2=O)cc1.Cc1nnc(Cl)c(-c2c(F)cccc2F)c1-c1ccccc1.O=P(Cl)(Cl)Cl. The van der Waals surface area contributed by atoms with Gasteiger partial charge in [-0.2, -0.15) is 18.6 Å². The van der Waals surface area contributed by atoms with Crippen LogP contribution >= 0.6 is 50.5 Å². The Morgan fingerprint density at radius 3 is 1.39 bits per heavy atom. The molecule has 0 fully saturated rings. The monoisotopic (exact) mass is 920 g/mol. The summed E-state index contributed by atoms with van der Waals surface area (Å²) >= 11 is 20.0. The maximum Gasteiger partial charge on any atom is 0.339 e. The van der Waals surface area contributed by atoms with E-state index >= 15 is 0 Å². The Hall–Kier alpha value is -4.88. The lowest BCUT2D eigenvalue weighted by Crippen LogP contribution is -2.32. The Balaban J connectivity index is 0.000000212. The standard InChI is InChI=1S/C24H18F2N2O3S.C17H11ClF2N2.Cl3OP/c1-15-11-13-18(14-12-15)32(30,31)28-24(29)23(22-19(25)9-6-10-20(22)26)21(16(2)27-28)17-7-4-3-5-8-17;1-10-14(11-6-3-2-4-7-11)16(17(18)22-21-10)15-12(19)8-5-9-13(15)20;1-5(2,3)4/h3-14H,1-2H3;2-9H,1H3;. The quantitative estimate of drug-likeness (QED) is 0.121. The molecule has 0 atom stereocenters. The molecule has 0 saturated heterocycles. The van der Waals surface area contributed by atoms with Crippen LogP contribution in [0.3, 0.4) is 0 Å². The number of nitrogens with zero attached hydrogens (tertiary/aromatic N) is 4. The molecule has 0 aliphatic rings. The van der Waals surface area contributed by atoms with Crippen LogP contribution in [0.4, 0.5) is 17.6 Å². The lowest BCUT2D eigenvalue weighted by Gasteiger charge is -2.16. The zero-order valence-corrected chi connectivity index (χ0v) is 35.6. The summed E-state index contributed by atoms with van der Waals surface area (Å²) in [4.78, 5) is 13.3. The third kappa shape index (κ3) is 10.7. The highest BCUT2D eigenvalue weighted by Gasteiger charge is 2.29. The molecular weight excluding hydrogens is 893 g/mol. The van der Waals surface area contributed by atoms with Gasteiger partial charge in [-0.3, -0.25) is 9.36 Å². The molecule has 8 nitrogen and oxygen atoms in total. The van der Waals surface area contributed by atoms with Crippen LogP contribution in [-0.4, -0.2) is 27.8 Å². The molecular formula is C41H29Cl4F4N4O4PS. The Morgan fingerprint density at radius 1 is 0.542 bits per heavy atom. The molecule has 7 aromatic rings. The maximum absolute atomic E-state index is 14.8. The van der Waals surface area contributed by atoms with Crippen molar-refractivity contribution in [2.24, 2.45) is 0 Å². The van der Waals surface area contributed by atoms with Crippen LogP contribution in [0.15, 0.2) is 131 Å². The van der Waals surface area contributed by atoms with Gasteiger partial charge in [0, 0.05) is 16.7 Å². The van der Waals surface area contributed by atoms with Crippen LogP contribution in [0.2, 0.25) is 5.15 Å². The summed E-state index contributed by atoms with van der Waals surface area (Å²) in [7, 11) is -4.42. The molecule has 0 amide bonds. The fourth-order valence-corrected chi connectivity index (χ4v) is 7.39. The van der Waals surface area contributed by atoms with Gasteiger partial charge in [0.1, 0.15) is 23.3 Å². The average molecular weight is 923 g/mol. The largest absolute Gasteiger partial charge is 0.339 e. The van der Waals surface area contributed by atoms with Gasteiger partial charge < -0.3 is 0 Å². The molecule has 0 spiro atoms. The van der Waals surface area contributed by atoms with E-state index in [-0.39, 0.29) is 32.4 Å². The molecule has 7 rings (SSSR count). The van der Waals surface area contributed by atoms with Crippen molar-refractivity contribution in [2.75, 3.05) is 0 Å². The second kappa shape index (κ2) is 19.0.